The van der Waals surface area contributed by atoms with Gasteiger partial charge in [-0.15, -0.1) is 0 Å². The van der Waals surface area contributed by atoms with Gasteiger partial charge in [0.2, 0.25) is 5.91 Å². The largest absolute Gasteiger partial charge is 0.467 e. The summed E-state index contributed by atoms with van der Waals surface area (Å²) in [6.07, 6.45) is 1.57. The van der Waals surface area contributed by atoms with Crippen LogP contribution in [0.2, 0.25) is 0 Å². The first-order valence-corrected chi connectivity index (χ1v) is 10.3. The van der Waals surface area contributed by atoms with E-state index in [4.69, 9.17) is 4.42 Å². The molecule has 2 amide bonds. The molecular weight excluding hydrogens is 390 g/mol. The van der Waals surface area contributed by atoms with E-state index in [9.17, 15) is 9.59 Å². The van der Waals surface area contributed by atoms with Crippen molar-refractivity contribution in [3.63, 3.8) is 0 Å². The van der Waals surface area contributed by atoms with Crippen molar-refractivity contribution >= 4 is 22.7 Å². The van der Waals surface area contributed by atoms with E-state index in [1.165, 1.54) is 0 Å². The van der Waals surface area contributed by atoms with Gasteiger partial charge in [-0.05, 0) is 36.8 Å². The Bertz CT molecular complexity index is 1290. The number of aryl methyl sites for hydroxylation is 1. The molecule has 5 rings (SSSR count). The molecule has 1 N–H and O–H groups in total. The average molecular weight is 413 g/mol. The second-order valence-corrected chi connectivity index (χ2v) is 7.85. The lowest BCUT2D eigenvalue weighted by atomic mass is 9.95. The first kappa shape index (κ1) is 19.2. The molecule has 1 aliphatic rings. The van der Waals surface area contributed by atoms with Crippen molar-refractivity contribution in [2.45, 2.75) is 19.5 Å². The summed E-state index contributed by atoms with van der Waals surface area (Å²) in [5.74, 6) is 0.326. The van der Waals surface area contributed by atoms with Crippen molar-refractivity contribution in [3.8, 4) is 0 Å². The molecular formula is C25H23N3O3. The molecule has 0 radical (unpaired) electrons. The minimum atomic E-state index is -0.316. The van der Waals surface area contributed by atoms with Crippen molar-refractivity contribution in [2.75, 3.05) is 6.54 Å². The van der Waals surface area contributed by atoms with Gasteiger partial charge >= 0.3 is 0 Å². The molecule has 4 aromatic rings. The van der Waals surface area contributed by atoms with Gasteiger partial charge < -0.3 is 19.2 Å². The zero-order valence-electron chi connectivity index (χ0n) is 17.5. The summed E-state index contributed by atoms with van der Waals surface area (Å²) in [5.41, 5.74) is 4.84. The summed E-state index contributed by atoms with van der Waals surface area (Å²) in [7, 11) is 2.03. The summed E-state index contributed by atoms with van der Waals surface area (Å²) in [6.45, 7) is 2.33. The molecule has 0 saturated carbocycles. The summed E-state index contributed by atoms with van der Waals surface area (Å²) >= 11 is 0. The van der Waals surface area contributed by atoms with Crippen molar-refractivity contribution in [3.05, 3.63) is 95.1 Å². The lowest BCUT2D eigenvalue weighted by molar-refractivity contribution is -0.122. The van der Waals surface area contributed by atoms with E-state index in [0.717, 1.165) is 27.7 Å². The van der Waals surface area contributed by atoms with Crippen molar-refractivity contribution < 1.29 is 14.0 Å². The van der Waals surface area contributed by atoms with Crippen LogP contribution >= 0.6 is 0 Å². The van der Waals surface area contributed by atoms with E-state index in [-0.39, 0.29) is 24.4 Å². The number of nitrogens with one attached hydrogen (secondary N) is 1. The summed E-state index contributed by atoms with van der Waals surface area (Å²) in [4.78, 5) is 27.8. The van der Waals surface area contributed by atoms with Crippen LogP contribution in [0.15, 0.2) is 71.3 Å². The molecule has 2 aromatic carbocycles. The molecule has 1 atom stereocenters. The van der Waals surface area contributed by atoms with Crippen LogP contribution in [0.5, 0.6) is 0 Å². The van der Waals surface area contributed by atoms with Gasteiger partial charge in [0.05, 0.1) is 18.8 Å². The molecule has 3 heterocycles. The Morgan fingerprint density at radius 3 is 2.65 bits per heavy atom. The molecule has 0 spiro atoms. The molecule has 0 saturated heterocycles. The number of para-hydroxylation sites is 1. The Hall–Kier alpha value is -3.80. The third-order valence-electron chi connectivity index (χ3n) is 6.13. The van der Waals surface area contributed by atoms with E-state index in [2.05, 4.69) is 28.9 Å². The molecule has 6 nitrogen and oxygen atoms in total. The first-order chi connectivity index (χ1) is 15.1. The number of rotatable bonds is 5. The predicted molar refractivity (Wildman–Crippen MR) is 118 cm³/mol. The normalized spacial score (nSPS) is 15.5. The number of carbonyl (C=O) groups is 2. The number of furan rings is 1. The van der Waals surface area contributed by atoms with Crippen molar-refractivity contribution in [1.29, 1.82) is 0 Å². The second-order valence-electron chi connectivity index (χ2n) is 7.85. The highest BCUT2D eigenvalue weighted by Crippen LogP contribution is 2.43. The number of nitrogens with zero attached hydrogens (tertiary/aromatic N) is 2. The number of fused-ring (bicyclic) bond motifs is 2. The molecule has 6 heteroatoms. The molecule has 1 aliphatic heterocycles. The fourth-order valence-electron chi connectivity index (χ4n) is 4.55. The summed E-state index contributed by atoms with van der Waals surface area (Å²) in [5, 5.41) is 3.95. The third-order valence-corrected chi connectivity index (χ3v) is 6.13. The first-order valence-electron chi connectivity index (χ1n) is 10.3. The topological polar surface area (TPSA) is 67.5 Å². The van der Waals surface area contributed by atoms with Crippen LogP contribution in [0.1, 0.15) is 39.0 Å². The quantitative estimate of drug-likeness (QED) is 0.539. The number of amides is 2. The van der Waals surface area contributed by atoms with E-state index < -0.39 is 0 Å². The zero-order chi connectivity index (χ0) is 21.5. The Balaban J connectivity index is 1.54. The van der Waals surface area contributed by atoms with Crippen LogP contribution in [-0.4, -0.2) is 27.8 Å². The SMILES string of the molecule is Cc1c([C@@H]2c3ccccc3C(=O)N2CC(=O)NCc2ccco2)c2ccccc2n1C. The van der Waals surface area contributed by atoms with Gasteiger partial charge in [-0.3, -0.25) is 9.59 Å². The lowest BCUT2D eigenvalue weighted by Gasteiger charge is -2.26. The predicted octanol–water partition coefficient (Wildman–Crippen LogP) is 3.94. The molecule has 0 unspecified atom stereocenters. The van der Waals surface area contributed by atoms with E-state index in [0.29, 0.717) is 17.9 Å². The van der Waals surface area contributed by atoms with Crippen LogP contribution < -0.4 is 5.32 Å². The van der Waals surface area contributed by atoms with Crippen molar-refractivity contribution in [1.82, 2.24) is 14.8 Å². The van der Waals surface area contributed by atoms with Gasteiger partial charge in [-0.1, -0.05) is 36.4 Å². The van der Waals surface area contributed by atoms with Crippen LogP contribution in [0, 0.1) is 6.92 Å². The maximum absolute atomic E-state index is 13.3. The van der Waals surface area contributed by atoms with Crippen LogP contribution in [0.3, 0.4) is 0 Å². The molecule has 31 heavy (non-hydrogen) atoms. The Labute approximate surface area is 180 Å². The Morgan fingerprint density at radius 2 is 1.84 bits per heavy atom. The number of hydrogen-bond acceptors (Lipinski definition) is 3. The van der Waals surface area contributed by atoms with Gasteiger partial charge in [0.25, 0.3) is 5.91 Å². The maximum atomic E-state index is 13.3. The van der Waals surface area contributed by atoms with Gasteiger partial charge in [0.1, 0.15) is 12.3 Å². The van der Waals surface area contributed by atoms with Gasteiger partial charge in [0, 0.05) is 34.8 Å². The third kappa shape index (κ3) is 3.11. The lowest BCUT2D eigenvalue weighted by Crippen LogP contribution is -2.39. The van der Waals surface area contributed by atoms with E-state index >= 15 is 0 Å². The van der Waals surface area contributed by atoms with Gasteiger partial charge in [0.15, 0.2) is 0 Å². The van der Waals surface area contributed by atoms with Crippen LogP contribution in [0.25, 0.3) is 10.9 Å². The average Bonchev–Trinajstić information content (AvgIpc) is 3.46. The zero-order valence-corrected chi connectivity index (χ0v) is 17.5. The number of aromatic nitrogens is 1. The van der Waals surface area contributed by atoms with Gasteiger partial charge in [-0.25, -0.2) is 0 Å². The monoisotopic (exact) mass is 413 g/mol. The smallest absolute Gasteiger partial charge is 0.255 e. The Morgan fingerprint density at radius 1 is 1.06 bits per heavy atom. The number of carbonyl (C=O) groups excluding carboxylic acids is 2. The molecule has 0 bridgehead atoms. The van der Waals surface area contributed by atoms with E-state index in [1.54, 1.807) is 23.3 Å². The summed E-state index contributed by atoms with van der Waals surface area (Å²) < 4.78 is 7.43. The van der Waals surface area contributed by atoms with Crippen LogP contribution in [-0.2, 0) is 18.4 Å². The van der Waals surface area contributed by atoms with Crippen molar-refractivity contribution in [2.24, 2.45) is 7.05 Å². The highest BCUT2D eigenvalue weighted by Gasteiger charge is 2.40. The molecule has 156 valence electrons. The maximum Gasteiger partial charge on any atom is 0.255 e. The molecule has 2 aromatic heterocycles. The Kier molecular flexibility index (Phi) is 4.62. The van der Waals surface area contributed by atoms with E-state index in [1.807, 2.05) is 43.4 Å². The molecule has 0 aliphatic carbocycles. The fourth-order valence-corrected chi connectivity index (χ4v) is 4.55. The van der Waals surface area contributed by atoms with Gasteiger partial charge in [-0.2, -0.15) is 0 Å². The highest BCUT2D eigenvalue weighted by atomic mass is 16.3. The number of hydrogen-bond donors (Lipinski definition) is 1. The minimum Gasteiger partial charge on any atom is -0.467 e. The molecule has 0 fully saturated rings. The minimum absolute atomic E-state index is 0.0262. The summed E-state index contributed by atoms with van der Waals surface area (Å²) in [6, 6.07) is 19.1. The number of benzene rings is 2. The standard InChI is InChI=1S/C25H23N3O3/c1-16-23(20-11-5-6-12-21(20)27(16)2)24-18-9-3-4-10-19(18)25(30)28(24)15-22(29)26-14-17-8-7-13-31-17/h3-13,24H,14-15H2,1-2H3,(H,26,29)/t24-/m0/s1. The second kappa shape index (κ2) is 7.47. The highest BCUT2D eigenvalue weighted by molar-refractivity contribution is 6.02. The van der Waals surface area contributed by atoms with Crippen LogP contribution in [0.4, 0.5) is 0 Å². The fraction of sp³-hybridized carbons (Fsp3) is 0.200.